The number of nitrogens with one attached hydrogen (secondary N) is 1. The molecule has 0 aliphatic heterocycles. The van der Waals surface area contributed by atoms with E-state index in [-0.39, 0.29) is 6.61 Å². The number of hydrogen-bond donors (Lipinski definition) is 2. The monoisotopic (exact) mass is 300 g/mol. The molecule has 2 aromatic rings. The minimum atomic E-state index is -0.484. The number of rotatable bonds is 8. The van der Waals surface area contributed by atoms with Crippen LogP contribution in [0, 0.1) is 0 Å². The molecule has 5 nitrogen and oxygen atoms in total. The van der Waals surface area contributed by atoms with E-state index >= 15 is 0 Å². The average Bonchev–Trinajstić information content (AvgIpc) is 2.54. The lowest BCUT2D eigenvalue weighted by atomic mass is 10.2. The molecule has 0 aromatic heterocycles. The van der Waals surface area contributed by atoms with Crippen LogP contribution in [0.3, 0.4) is 0 Å². The van der Waals surface area contributed by atoms with Gasteiger partial charge in [-0.15, -0.1) is 0 Å². The number of primary amides is 1. The standard InChI is InChI=1S/C17H20N2O3/c1-21-16-5-3-2-4-14(16)11-19-10-13-6-8-15(9-7-13)22-12-17(18)20/h2-9,19H,10-12H2,1H3,(H2,18,20). The highest BCUT2D eigenvalue weighted by molar-refractivity contribution is 5.75. The Morgan fingerprint density at radius 1 is 1.09 bits per heavy atom. The summed E-state index contributed by atoms with van der Waals surface area (Å²) in [6, 6.07) is 15.5. The van der Waals surface area contributed by atoms with E-state index in [1.807, 2.05) is 48.5 Å². The Balaban J connectivity index is 1.83. The van der Waals surface area contributed by atoms with Crippen molar-refractivity contribution in [1.29, 1.82) is 0 Å². The molecule has 0 atom stereocenters. The Bertz CT molecular complexity index is 612. The van der Waals surface area contributed by atoms with Gasteiger partial charge in [0.15, 0.2) is 6.61 Å². The minimum Gasteiger partial charge on any atom is -0.496 e. The van der Waals surface area contributed by atoms with Gasteiger partial charge in [0.05, 0.1) is 7.11 Å². The van der Waals surface area contributed by atoms with Crippen molar-refractivity contribution < 1.29 is 14.3 Å². The van der Waals surface area contributed by atoms with Crippen molar-refractivity contribution in [2.24, 2.45) is 5.73 Å². The summed E-state index contributed by atoms with van der Waals surface area (Å²) in [4.78, 5) is 10.6. The molecule has 0 saturated heterocycles. The summed E-state index contributed by atoms with van der Waals surface area (Å²) in [7, 11) is 1.67. The van der Waals surface area contributed by atoms with Crippen LogP contribution in [0.2, 0.25) is 0 Å². The summed E-state index contributed by atoms with van der Waals surface area (Å²) < 4.78 is 10.5. The molecule has 2 aromatic carbocycles. The fourth-order valence-electron chi connectivity index (χ4n) is 2.05. The first-order chi connectivity index (χ1) is 10.7. The van der Waals surface area contributed by atoms with Gasteiger partial charge in [-0.1, -0.05) is 30.3 Å². The smallest absolute Gasteiger partial charge is 0.255 e. The second-order valence-corrected chi connectivity index (χ2v) is 4.81. The Labute approximate surface area is 130 Å². The molecule has 0 radical (unpaired) electrons. The van der Waals surface area contributed by atoms with Crippen molar-refractivity contribution in [1.82, 2.24) is 5.32 Å². The molecule has 2 rings (SSSR count). The number of nitrogens with two attached hydrogens (primary N) is 1. The lowest BCUT2D eigenvalue weighted by Crippen LogP contribution is -2.20. The molecule has 0 fully saturated rings. The maximum Gasteiger partial charge on any atom is 0.255 e. The van der Waals surface area contributed by atoms with Crippen molar-refractivity contribution in [3.8, 4) is 11.5 Å². The lowest BCUT2D eigenvalue weighted by Gasteiger charge is -2.10. The molecule has 3 N–H and O–H groups in total. The Morgan fingerprint density at radius 3 is 2.50 bits per heavy atom. The van der Waals surface area contributed by atoms with E-state index in [9.17, 15) is 4.79 Å². The highest BCUT2D eigenvalue weighted by Crippen LogP contribution is 2.17. The van der Waals surface area contributed by atoms with Crippen molar-refractivity contribution in [3.63, 3.8) is 0 Å². The van der Waals surface area contributed by atoms with Gasteiger partial charge in [0.2, 0.25) is 0 Å². The van der Waals surface area contributed by atoms with Gasteiger partial charge in [0.1, 0.15) is 11.5 Å². The van der Waals surface area contributed by atoms with Crippen LogP contribution in [-0.2, 0) is 17.9 Å². The zero-order valence-corrected chi connectivity index (χ0v) is 12.5. The summed E-state index contributed by atoms with van der Waals surface area (Å²) in [5.41, 5.74) is 7.27. The van der Waals surface area contributed by atoms with Crippen LogP contribution in [0.4, 0.5) is 0 Å². The summed E-state index contributed by atoms with van der Waals surface area (Å²) in [6.45, 7) is 1.35. The molecule has 0 aliphatic rings. The van der Waals surface area contributed by atoms with Crippen LogP contribution in [0.5, 0.6) is 11.5 Å². The first-order valence-corrected chi connectivity index (χ1v) is 7.01. The van der Waals surface area contributed by atoms with Crippen molar-refractivity contribution in [3.05, 3.63) is 59.7 Å². The molecule has 0 aliphatic carbocycles. The van der Waals surface area contributed by atoms with Gasteiger partial charge in [0, 0.05) is 18.7 Å². The van der Waals surface area contributed by atoms with Gasteiger partial charge in [0.25, 0.3) is 5.91 Å². The number of hydrogen-bond acceptors (Lipinski definition) is 4. The molecule has 0 saturated carbocycles. The summed E-state index contributed by atoms with van der Waals surface area (Å²) >= 11 is 0. The predicted octanol–water partition coefficient (Wildman–Crippen LogP) is 1.85. The molecule has 1 amide bonds. The fourth-order valence-corrected chi connectivity index (χ4v) is 2.05. The van der Waals surface area contributed by atoms with E-state index in [2.05, 4.69) is 5.32 Å². The van der Waals surface area contributed by atoms with Crippen LogP contribution in [0.25, 0.3) is 0 Å². The van der Waals surface area contributed by atoms with E-state index in [0.29, 0.717) is 5.75 Å². The number of carbonyl (C=O) groups is 1. The predicted molar refractivity (Wildman–Crippen MR) is 84.7 cm³/mol. The Morgan fingerprint density at radius 2 is 1.82 bits per heavy atom. The lowest BCUT2D eigenvalue weighted by molar-refractivity contribution is -0.119. The quantitative estimate of drug-likeness (QED) is 0.780. The largest absolute Gasteiger partial charge is 0.496 e. The van der Waals surface area contributed by atoms with Gasteiger partial charge < -0.3 is 20.5 Å². The van der Waals surface area contributed by atoms with Gasteiger partial charge in [-0.2, -0.15) is 0 Å². The second kappa shape index (κ2) is 8.05. The number of ether oxygens (including phenoxy) is 2. The van der Waals surface area contributed by atoms with Crippen LogP contribution in [0.15, 0.2) is 48.5 Å². The third kappa shape index (κ3) is 4.79. The van der Waals surface area contributed by atoms with E-state index in [1.54, 1.807) is 7.11 Å². The number of benzene rings is 2. The van der Waals surface area contributed by atoms with Gasteiger partial charge in [-0.25, -0.2) is 0 Å². The SMILES string of the molecule is COc1ccccc1CNCc1ccc(OCC(N)=O)cc1. The van der Waals surface area contributed by atoms with E-state index in [0.717, 1.165) is 30.0 Å². The molecule has 5 heteroatoms. The fraction of sp³-hybridized carbons (Fsp3) is 0.235. The Hall–Kier alpha value is -2.53. The summed E-state index contributed by atoms with van der Waals surface area (Å²) in [6.07, 6.45) is 0. The van der Waals surface area contributed by atoms with Crippen molar-refractivity contribution in [2.45, 2.75) is 13.1 Å². The number of carbonyl (C=O) groups excluding carboxylic acids is 1. The molecule has 0 spiro atoms. The molecule has 22 heavy (non-hydrogen) atoms. The highest BCUT2D eigenvalue weighted by Gasteiger charge is 2.02. The zero-order chi connectivity index (χ0) is 15.8. The van der Waals surface area contributed by atoms with Crippen LogP contribution in [-0.4, -0.2) is 19.6 Å². The molecule has 116 valence electrons. The molecule has 0 unspecified atom stereocenters. The van der Waals surface area contributed by atoms with Crippen LogP contribution in [0.1, 0.15) is 11.1 Å². The number of methoxy groups -OCH3 is 1. The number of amides is 1. The molecule has 0 bridgehead atoms. The molecule has 0 heterocycles. The van der Waals surface area contributed by atoms with E-state index in [1.165, 1.54) is 0 Å². The third-order valence-corrected chi connectivity index (χ3v) is 3.14. The minimum absolute atomic E-state index is 0.106. The van der Waals surface area contributed by atoms with Gasteiger partial charge in [-0.3, -0.25) is 4.79 Å². The number of para-hydroxylation sites is 1. The first kappa shape index (κ1) is 15.9. The van der Waals surface area contributed by atoms with Crippen molar-refractivity contribution >= 4 is 5.91 Å². The highest BCUT2D eigenvalue weighted by atomic mass is 16.5. The van der Waals surface area contributed by atoms with Crippen molar-refractivity contribution in [2.75, 3.05) is 13.7 Å². The normalized spacial score (nSPS) is 10.2. The second-order valence-electron chi connectivity index (χ2n) is 4.81. The maximum atomic E-state index is 10.6. The van der Waals surface area contributed by atoms with Crippen LogP contribution >= 0.6 is 0 Å². The zero-order valence-electron chi connectivity index (χ0n) is 12.5. The van der Waals surface area contributed by atoms with E-state index in [4.69, 9.17) is 15.2 Å². The van der Waals surface area contributed by atoms with E-state index < -0.39 is 5.91 Å². The van der Waals surface area contributed by atoms with Gasteiger partial charge >= 0.3 is 0 Å². The average molecular weight is 300 g/mol. The topological polar surface area (TPSA) is 73.6 Å². The summed E-state index contributed by atoms with van der Waals surface area (Å²) in [5, 5.41) is 3.37. The van der Waals surface area contributed by atoms with Crippen LogP contribution < -0.4 is 20.5 Å². The maximum absolute atomic E-state index is 10.6. The molecular formula is C17H20N2O3. The molecular weight excluding hydrogens is 280 g/mol. The Kier molecular flexibility index (Phi) is 5.80. The first-order valence-electron chi connectivity index (χ1n) is 7.01. The van der Waals surface area contributed by atoms with Gasteiger partial charge in [-0.05, 0) is 23.8 Å². The summed E-state index contributed by atoms with van der Waals surface area (Å²) in [5.74, 6) is 1.03. The third-order valence-electron chi connectivity index (χ3n) is 3.14.